The Morgan fingerprint density at radius 3 is 2.25 bits per heavy atom. The summed E-state index contributed by atoms with van der Waals surface area (Å²) in [6.07, 6.45) is 14.3. The summed E-state index contributed by atoms with van der Waals surface area (Å²) in [5.41, 5.74) is 1.39. The molecule has 0 fully saturated rings. The molecule has 3 nitrogen and oxygen atoms in total. The lowest BCUT2D eigenvalue weighted by Crippen LogP contribution is -2.10. The third-order valence-electron chi connectivity index (χ3n) is 3.80. The normalized spacial score (nSPS) is 10.5. The minimum atomic E-state index is 0.338. The molecule has 0 atom stereocenters. The summed E-state index contributed by atoms with van der Waals surface area (Å²) in [5.74, 6) is 3.31. The zero-order valence-electron chi connectivity index (χ0n) is 15.1. The summed E-state index contributed by atoms with van der Waals surface area (Å²) >= 11 is 0. The number of rotatable bonds is 15. The van der Waals surface area contributed by atoms with Gasteiger partial charge in [0.15, 0.2) is 0 Å². The molecule has 134 valence electrons. The lowest BCUT2D eigenvalue weighted by molar-refractivity contribution is 0.0462. The van der Waals surface area contributed by atoms with E-state index in [4.69, 9.17) is 20.6 Å². The average Bonchev–Trinajstić information content (AvgIpc) is 2.61. The van der Waals surface area contributed by atoms with Gasteiger partial charge in [-0.05, 0) is 30.5 Å². The van der Waals surface area contributed by atoms with Gasteiger partial charge >= 0.3 is 0 Å². The molecule has 1 rings (SSSR count). The Bertz CT molecular complexity index is 433. The maximum atomic E-state index is 5.66. The van der Waals surface area contributed by atoms with Crippen LogP contribution >= 0.6 is 0 Å². The summed E-state index contributed by atoms with van der Waals surface area (Å²) in [6, 6.07) is 8.41. The van der Waals surface area contributed by atoms with Crippen molar-refractivity contribution in [2.24, 2.45) is 0 Å². The van der Waals surface area contributed by atoms with Crippen molar-refractivity contribution < 1.29 is 14.2 Å². The van der Waals surface area contributed by atoms with Crippen LogP contribution in [-0.2, 0) is 15.9 Å². The molecule has 0 saturated carbocycles. The molecule has 0 N–H and O–H groups in total. The number of ether oxygens (including phenoxy) is 3. The molecule has 0 spiro atoms. The summed E-state index contributed by atoms with van der Waals surface area (Å²) in [7, 11) is 0. The minimum Gasteiger partial charge on any atom is -0.491 e. The van der Waals surface area contributed by atoms with Crippen molar-refractivity contribution in [3.05, 3.63) is 29.8 Å². The standard InChI is InChI=1S/C21H32O3/c1-3-5-6-7-8-9-10-20-11-13-21(14-12-20)24-19-18-23-17-16-22-15-4-2/h2,11-14H,3,5-10,15-19H2,1H3. The van der Waals surface area contributed by atoms with E-state index in [0.29, 0.717) is 33.0 Å². The number of hydrogen-bond donors (Lipinski definition) is 0. The fraction of sp³-hybridized carbons (Fsp3) is 0.619. The predicted octanol–water partition coefficient (Wildman–Crippen LogP) is 4.63. The molecule has 1 aromatic carbocycles. The summed E-state index contributed by atoms with van der Waals surface area (Å²) in [6.45, 7) is 4.76. The Morgan fingerprint density at radius 1 is 0.833 bits per heavy atom. The second-order valence-electron chi connectivity index (χ2n) is 5.88. The molecule has 0 aliphatic carbocycles. The lowest BCUT2D eigenvalue weighted by Gasteiger charge is -2.08. The van der Waals surface area contributed by atoms with Crippen LogP contribution in [0.3, 0.4) is 0 Å². The third-order valence-corrected chi connectivity index (χ3v) is 3.80. The highest BCUT2D eigenvalue weighted by atomic mass is 16.5. The van der Waals surface area contributed by atoms with Gasteiger partial charge in [0.1, 0.15) is 19.0 Å². The van der Waals surface area contributed by atoms with Crippen LogP contribution in [0, 0.1) is 12.3 Å². The molecule has 3 heteroatoms. The number of aryl methyl sites for hydroxylation is 1. The average molecular weight is 332 g/mol. The maximum absolute atomic E-state index is 5.66. The fourth-order valence-electron chi connectivity index (χ4n) is 2.43. The molecule has 0 heterocycles. The molecule has 0 aliphatic heterocycles. The highest BCUT2D eigenvalue weighted by molar-refractivity contribution is 5.27. The number of benzene rings is 1. The van der Waals surface area contributed by atoms with Crippen molar-refractivity contribution in [2.75, 3.05) is 33.0 Å². The minimum absolute atomic E-state index is 0.338. The van der Waals surface area contributed by atoms with Crippen molar-refractivity contribution in [1.29, 1.82) is 0 Å². The zero-order valence-corrected chi connectivity index (χ0v) is 15.1. The van der Waals surface area contributed by atoms with Crippen molar-refractivity contribution in [2.45, 2.75) is 51.9 Å². The smallest absolute Gasteiger partial charge is 0.119 e. The second-order valence-corrected chi connectivity index (χ2v) is 5.88. The van der Waals surface area contributed by atoms with Crippen molar-refractivity contribution in [3.8, 4) is 18.1 Å². The van der Waals surface area contributed by atoms with Gasteiger partial charge in [-0.3, -0.25) is 0 Å². The predicted molar refractivity (Wildman–Crippen MR) is 99.5 cm³/mol. The van der Waals surface area contributed by atoms with E-state index in [2.05, 4.69) is 25.0 Å². The molecule has 24 heavy (non-hydrogen) atoms. The summed E-state index contributed by atoms with van der Waals surface area (Å²) in [4.78, 5) is 0. The van der Waals surface area contributed by atoms with Gasteiger partial charge in [0.05, 0.1) is 19.8 Å². The molecule has 0 radical (unpaired) electrons. The highest BCUT2D eigenvalue weighted by Crippen LogP contribution is 2.15. The Hall–Kier alpha value is -1.50. The van der Waals surface area contributed by atoms with Crippen LogP contribution in [0.15, 0.2) is 24.3 Å². The Balaban J connectivity index is 2.02. The summed E-state index contributed by atoms with van der Waals surface area (Å²) < 4.78 is 16.2. The van der Waals surface area contributed by atoms with Crippen LogP contribution in [0.4, 0.5) is 0 Å². The maximum Gasteiger partial charge on any atom is 0.119 e. The van der Waals surface area contributed by atoms with E-state index in [1.807, 2.05) is 12.1 Å². The fourth-order valence-corrected chi connectivity index (χ4v) is 2.43. The van der Waals surface area contributed by atoms with E-state index in [0.717, 1.165) is 12.2 Å². The molecule has 0 aromatic heterocycles. The van der Waals surface area contributed by atoms with Crippen LogP contribution < -0.4 is 4.74 Å². The van der Waals surface area contributed by atoms with Crippen LogP contribution in [0.1, 0.15) is 51.0 Å². The second kappa shape index (κ2) is 15.1. The summed E-state index contributed by atoms with van der Waals surface area (Å²) in [5, 5.41) is 0. The number of hydrogen-bond acceptors (Lipinski definition) is 3. The van der Waals surface area contributed by atoms with E-state index < -0.39 is 0 Å². The first-order valence-corrected chi connectivity index (χ1v) is 9.17. The van der Waals surface area contributed by atoms with Gasteiger partial charge in [-0.1, -0.05) is 57.1 Å². The molecule has 0 amide bonds. The zero-order chi connectivity index (χ0) is 17.3. The first kappa shape index (κ1) is 20.5. The van der Waals surface area contributed by atoms with Crippen LogP contribution in [-0.4, -0.2) is 33.0 Å². The highest BCUT2D eigenvalue weighted by Gasteiger charge is 1.97. The van der Waals surface area contributed by atoms with Crippen molar-refractivity contribution >= 4 is 0 Å². The van der Waals surface area contributed by atoms with E-state index in [1.54, 1.807) is 0 Å². The first-order chi connectivity index (χ1) is 11.9. The topological polar surface area (TPSA) is 27.7 Å². The Morgan fingerprint density at radius 2 is 1.50 bits per heavy atom. The van der Waals surface area contributed by atoms with Crippen LogP contribution in [0.25, 0.3) is 0 Å². The van der Waals surface area contributed by atoms with Gasteiger partial charge in [-0.25, -0.2) is 0 Å². The largest absolute Gasteiger partial charge is 0.491 e. The van der Waals surface area contributed by atoms with Crippen LogP contribution in [0.2, 0.25) is 0 Å². The third kappa shape index (κ3) is 11.1. The van der Waals surface area contributed by atoms with Crippen molar-refractivity contribution in [1.82, 2.24) is 0 Å². The monoisotopic (exact) mass is 332 g/mol. The first-order valence-electron chi connectivity index (χ1n) is 9.17. The number of unbranched alkanes of at least 4 members (excludes halogenated alkanes) is 5. The molecule has 1 aromatic rings. The van der Waals surface area contributed by atoms with E-state index >= 15 is 0 Å². The van der Waals surface area contributed by atoms with Gasteiger partial charge in [0, 0.05) is 0 Å². The van der Waals surface area contributed by atoms with Gasteiger partial charge in [0.25, 0.3) is 0 Å². The van der Waals surface area contributed by atoms with E-state index in [-0.39, 0.29) is 0 Å². The lowest BCUT2D eigenvalue weighted by atomic mass is 10.0. The Kier molecular flexibility index (Phi) is 12.9. The quantitative estimate of drug-likeness (QED) is 0.346. The van der Waals surface area contributed by atoms with E-state index in [9.17, 15) is 0 Å². The Labute approximate surface area is 147 Å². The van der Waals surface area contributed by atoms with E-state index in [1.165, 1.54) is 44.1 Å². The molecule has 0 aliphatic rings. The molecule has 0 saturated heterocycles. The van der Waals surface area contributed by atoms with Gasteiger partial charge in [-0.2, -0.15) is 0 Å². The molecular formula is C21H32O3. The van der Waals surface area contributed by atoms with Crippen molar-refractivity contribution in [3.63, 3.8) is 0 Å². The molecule has 0 bridgehead atoms. The number of terminal acetylenes is 1. The SMILES string of the molecule is C#CCOCCOCCOc1ccc(CCCCCCCC)cc1. The van der Waals surface area contributed by atoms with Gasteiger partial charge < -0.3 is 14.2 Å². The van der Waals surface area contributed by atoms with Crippen LogP contribution in [0.5, 0.6) is 5.75 Å². The van der Waals surface area contributed by atoms with Gasteiger partial charge in [0.2, 0.25) is 0 Å². The molecular weight excluding hydrogens is 300 g/mol. The van der Waals surface area contributed by atoms with Gasteiger partial charge in [-0.15, -0.1) is 6.42 Å². The molecule has 0 unspecified atom stereocenters.